The van der Waals surface area contributed by atoms with E-state index in [0.717, 1.165) is 25.7 Å². The Morgan fingerprint density at radius 1 is 1.09 bits per heavy atom. The molecule has 8 heteroatoms. The van der Waals surface area contributed by atoms with Crippen LogP contribution in [-0.4, -0.2) is 49.1 Å². The molecule has 0 saturated heterocycles. The zero-order valence-corrected chi connectivity index (χ0v) is 12.6. The summed E-state index contributed by atoms with van der Waals surface area (Å²) < 4.78 is 9.45. The standard InChI is InChI=1S/C14H22N2O6/c1-9(12(17)18)7-8-22-14(20)16-11-5-3-10(4-6-11)15-13(19)21-2/h10-11H,1,3-8H2,2H3,(H,15,19)(H,16,20)(H,17,18). The van der Waals surface area contributed by atoms with Crippen LogP contribution in [0.1, 0.15) is 32.1 Å². The zero-order chi connectivity index (χ0) is 16.5. The van der Waals surface area contributed by atoms with Gasteiger partial charge in [0.2, 0.25) is 0 Å². The van der Waals surface area contributed by atoms with Crippen molar-refractivity contribution in [3.63, 3.8) is 0 Å². The van der Waals surface area contributed by atoms with Crippen molar-refractivity contribution in [1.29, 1.82) is 0 Å². The first-order valence-electron chi connectivity index (χ1n) is 7.11. The maximum atomic E-state index is 11.6. The van der Waals surface area contributed by atoms with Gasteiger partial charge in [-0.2, -0.15) is 0 Å². The Bertz CT molecular complexity index is 429. The van der Waals surface area contributed by atoms with Gasteiger partial charge in [0.15, 0.2) is 0 Å². The number of hydrogen-bond acceptors (Lipinski definition) is 5. The van der Waals surface area contributed by atoms with Crippen molar-refractivity contribution in [3.8, 4) is 0 Å². The number of amides is 2. The number of carbonyl (C=O) groups is 3. The number of aliphatic carboxylic acids is 1. The second-order valence-corrected chi connectivity index (χ2v) is 5.12. The molecule has 0 aromatic heterocycles. The second-order valence-electron chi connectivity index (χ2n) is 5.12. The average molecular weight is 314 g/mol. The highest BCUT2D eigenvalue weighted by atomic mass is 16.5. The van der Waals surface area contributed by atoms with Gasteiger partial charge in [-0.05, 0) is 25.7 Å². The molecule has 1 aliphatic carbocycles. The van der Waals surface area contributed by atoms with E-state index in [0.29, 0.717) is 0 Å². The summed E-state index contributed by atoms with van der Waals surface area (Å²) in [5, 5.41) is 14.1. The summed E-state index contributed by atoms with van der Waals surface area (Å²) in [6.45, 7) is 3.33. The van der Waals surface area contributed by atoms with Crippen LogP contribution in [0.2, 0.25) is 0 Å². The van der Waals surface area contributed by atoms with Gasteiger partial charge in [-0.25, -0.2) is 14.4 Å². The van der Waals surface area contributed by atoms with Crippen LogP contribution in [0.5, 0.6) is 0 Å². The quantitative estimate of drug-likeness (QED) is 0.639. The molecule has 0 aromatic carbocycles. The predicted octanol–water partition coefficient (Wildman–Crippen LogP) is 1.41. The maximum absolute atomic E-state index is 11.6. The lowest BCUT2D eigenvalue weighted by molar-refractivity contribution is -0.132. The lowest BCUT2D eigenvalue weighted by Gasteiger charge is -2.28. The number of hydrogen-bond donors (Lipinski definition) is 3. The third kappa shape index (κ3) is 6.47. The molecule has 1 aliphatic rings. The molecular formula is C14H22N2O6. The molecule has 3 N–H and O–H groups in total. The lowest BCUT2D eigenvalue weighted by atomic mass is 9.91. The summed E-state index contributed by atoms with van der Waals surface area (Å²) in [5.41, 5.74) is 0.00203. The Morgan fingerprint density at radius 2 is 1.59 bits per heavy atom. The molecule has 1 saturated carbocycles. The van der Waals surface area contributed by atoms with Crippen LogP contribution >= 0.6 is 0 Å². The molecule has 0 unspecified atom stereocenters. The first-order valence-corrected chi connectivity index (χ1v) is 7.11. The van der Waals surface area contributed by atoms with Crippen LogP contribution in [0, 0.1) is 0 Å². The Hall–Kier alpha value is -2.25. The van der Waals surface area contributed by atoms with Gasteiger partial charge in [0.05, 0.1) is 13.7 Å². The highest BCUT2D eigenvalue weighted by Gasteiger charge is 2.24. The zero-order valence-electron chi connectivity index (χ0n) is 12.6. The maximum Gasteiger partial charge on any atom is 0.407 e. The third-order valence-corrected chi connectivity index (χ3v) is 3.50. The van der Waals surface area contributed by atoms with Crippen molar-refractivity contribution in [3.05, 3.63) is 12.2 Å². The van der Waals surface area contributed by atoms with Gasteiger partial charge < -0.3 is 25.2 Å². The first-order chi connectivity index (χ1) is 10.4. The van der Waals surface area contributed by atoms with Crippen molar-refractivity contribution in [1.82, 2.24) is 10.6 Å². The number of carbonyl (C=O) groups excluding carboxylic acids is 2. The molecule has 22 heavy (non-hydrogen) atoms. The fraction of sp³-hybridized carbons (Fsp3) is 0.643. The monoisotopic (exact) mass is 314 g/mol. The van der Waals surface area contributed by atoms with Crippen molar-refractivity contribution in [2.24, 2.45) is 0 Å². The molecular weight excluding hydrogens is 292 g/mol. The van der Waals surface area contributed by atoms with E-state index < -0.39 is 18.2 Å². The summed E-state index contributed by atoms with van der Waals surface area (Å²) in [6, 6.07) is 0.0475. The van der Waals surface area contributed by atoms with Crippen LogP contribution < -0.4 is 10.6 Å². The minimum absolute atomic E-state index is 0.00203. The van der Waals surface area contributed by atoms with Gasteiger partial charge in [0.1, 0.15) is 0 Å². The summed E-state index contributed by atoms with van der Waals surface area (Å²) in [5.74, 6) is -1.10. The molecule has 0 heterocycles. The lowest BCUT2D eigenvalue weighted by Crippen LogP contribution is -2.44. The van der Waals surface area contributed by atoms with Crippen LogP contribution in [0.3, 0.4) is 0 Å². The minimum atomic E-state index is -1.10. The SMILES string of the molecule is C=C(CCOC(=O)NC1CCC(NC(=O)OC)CC1)C(=O)O. The molecule has 2 amide bonds. The number of alkyl carbamates (subject to hydrolysis) is 2. The van der Waals surface area contributed by atoms with Gasteiger partial charge in [-0.1, -0.05) is 6.58 Å². The molecule has 1 rings (SSSR count). The number of ether oxygens (including phenoxy) is 2. The summed E-state index contributed by atoms with van der Waals surface area (Å²) >= 11 is 0. The van der Waals surface area contributed by atoms with E-state index in [2.05, 4.69) is 21.9 Å². The first kappa shape index (κ1) is 17.8. The number of carboxylic acids is 1. The van der Waals surface area contributed by atoms with Gasteiger partial charge in [-0.3, -0.25) is 0 Å². The topological polar surface area (TPSA) is 114 Å². The van der Waals surface area contributed by atoms with Crippen LogP contribution in [0.25, 0.3) is 0 Å². The molecule has 0 spiro atoms. The smallest absolute Gasteiger partial charge is 0.407 e. The van der Waals surface area contributed by atoms with E-state index >= 15 is 0 Å². The highest BCUT2D eigenvalue weighted by Crippen LogP contribution is 2.18. The Morgan fingerprint density at radius 3 is 2.05 bits per heavy atom. The van der Waals surface area contributed by atoms with E-state index in [1.807, 2.05) is 0 Å². The van der Waals surface area contributed by atoms with Crippen LogP contribution in [0.4, 0.5) is 9.59 Å². The molecule has 124 valence electrons. The van der Waals surface area contributed by atoms with Gasteiger partial charge in [-0.15, -0.1) is 0 Å². The number of rotatable bonds is 6. The van der Waals surface area contributed by atoms with E-state index in [1.54, 1.807) is 0 Å². The van der Waals surface area contributed by atoms with Crippen LogP contribution in [0.15, 0.2) is 12.2 Å². The largest absolute Gasteiger partial charge is 0.478 e. The van der Waals surface area contributed by atoms with E-state index in [4.69, 9.17) is 9.84 Å². The third-order valence-electron chi connectivity index (χ3n) is 3.50. The number of methoxy groups -OCH3 is 1. The molecule has 0 aromatic rings. The number of carboxylic acid groups (broad SMARTS) is 1. The fourth-order valence-electron chi connectivity index (χ4n) is 2.19. The molecule has 1 fully saturated rings. The van der Waals surface area contributed by atoms with Crippen LogP contribution in [-0.2, 0) is 14.3 Å². The van der Waals surface area contributed by atoms with Gasteiger partial charge in [0, 0.05) is 24.1 Å². The molecule has 0 radical (unpaired) electrons. The fourth-order valence-corrected chi connectivity index (χ4v) is 2.19. The molecule has 0 atom stereocenters. The van der Waals surface area contributed by atoms with E-state index in [9.17, 15) is 14.4 Å². The Labute approximate surface area is 128 Å². The summed E-state index contributed by atoms with van der Waals surface area (Å²) in [6.07, 6.45) is 2.03. The van der Waals surface area contributed by atoms with E-state index in [-0.39, 0.29) is 30.7 Å². The molecule has 8 nitrogen and oxygen atoms in total. The normalized spacial score (nSPS) is 20.6. The second kappa shape index (κ2) is 8.91. The van der Waals surface area contributed by atoms with Crippen molar-refractivity contribution in [2.75, 3.05) is 13.7 Å². The average Bonchev–Trinajstić information content (AvgIpc) is 2.48. The molecule has 0 bridgehead atoms. The molecule has 0 aliphatic heterocycles. The van der Waals surface area contributed by atoms with Gasteiger partial charge in [0.25, 0.3) is 0 Å². The van der Waals surface area contributed by atoms with Crippen molar-refractivity contribution < 1.29 is 29.0 Å². The van der Waals surface area contributed by atoms with Crippen molar-refractivity contribution >= 4 is 18.2 Å². The minimum Gasteiger partial charge on any atom is -0.478 e. The summed E-state index contributed by atoms with van der Waals surface area (Å²) in [7, 11) is 1.32. The number of nitrogens with one attached hydrogen (secondary N) is 2. The Kier molecular flexibility index (Phi) is 7.21. The van der Waals surface area contributed by atoms with Gasteiger partial charge >= 0.3 is 18.2 Å². The summed E-state index contributed by atoms with van der Waals surface area (Å²) in [4.78, 5) is 33.2. The predicted molar refractivity (Wildman–Crippen MR) is 77.5 cm³/mol. The highest BCUT2D eigenvalue weighted by molar-refractivity contribution is 5.85. The Balaban J connectivity index is 2.18. The van der Waals surface area contributed by atoms with Crippen molar-refractivity contribution in [2.45, 2.75) is 44.2 Å². The van der Waals surface area contributed by atoms with E-state index in [1.165, 1.54) is 7.11 Å².